The minimum atomic E-state index is -0.905. The third kappa shape index (κ3) is 9.06. The topological polar surface area (TPSA) is 124 Å². The third-order valence-electron chi connectivity index (χ3n) is 7.52. The number of carbonyl (C=O) groups is 4. The summed E-state index contributed by atoms with van der Waals surface area (Å²) in [5.41, 5.74) is 1.54. The summed E-state index contributed by atoms with van der Waals surface area (Å²) in [6.07, 6.45) is 6.18. The second kappa shape index (κ2) is 17.0. The van der Waals surface area contributed by atoms with Crippen LogP contribution < -0.4 is 10.6 Å². The summed E-state index contributed by atoms with van der Waals surface area (Å²) in [6, 6.07) is 14.1. The normalized spacial score (nSPS) is 18.0. The zero-order chi connectivity index (χ0) is 32.9. The Hall–Kier alpha value is -4.93. The van der Waals surface area contributed by atoms with Crippen molar-refractivity contribution >= 4 is 23.9 Å². The fourth-order valence-corrected chi connectivity index (χ4v) is 5.43. The summed E-state index contributed by atoms with van der Waals surface area (Å²) in [5, 5.41) is 8.47. The number of urea groups is 1. The van der Waals surface area contributed by atoms with Crippen molar-refractivity contribution in [2.24, 2.45) is 0 Å². The number of rotatable bonds is 14. The lowest BCUT2D eigenvalue weighted by atomic mass is 10.0. The van der Waals surface area contributed by atoms with Crippen molar-refractivity contribution in [1.29, 1.82) is 0 Å². The van der Waals surface area contributed by atoms with Gasteiger partial charge in [0.05, 0.1) is 32.8 Å². The van der Waals surface area contributed by atoms with Crippen LogP contribution in [0.1, 0.15) is 24.0 Å². The molecule has 0 aromatic heterocycles. The van der Waals surface area contributed by atoms with Gasteiger partial charge in [-0.15, -0.1) is 6.42 Å². The fourth-order valence-electron chi connectivity index (χ4n) is 5.43. The quantitative estimate of drug-likeness (QED) is 0.186. The van der Waals surface area contributed by atoms with E-state index in [9.17, 15) is 23.6 Å². The largest absolute Gasteiger partial charge is 0.445 e. The Balaban J connectivity index is 1.51. The van der Waals surface area contributed by atoms with E-state index in [1.165, 1.54) is 33.1 Å². The first kappa shape index (κ1) is 34.0. The van der Waals surface area contributed by atoms with Gasteiger partial charge in [-0.3, -0.25) is 9.59 Å². The molecule has 5 amide bonds. The van der Waals surface area contributed by atoms with Crippen LogP contribution in [0.25, 0.3) is 0 Å². The number of piperazine rings is 1. The number of ether oxygens (including phenoxy) is 2. The van der Waals surface area contributed by atoms with Crippen molar-refractivity contribution in [2.75, 3.05) is 45.9 Å². The van der Waals surface area contributed by atoms with Gasteiger partial charge in [-0.25, -0.2) is 19.0 Å². The van der Waals surface area contributed by atoms with Crippen LogP contribution in [0.2, 0.25) is 0 Å². The van der Waals surface area contributed by atoms with Crippen molar-refractivity contribution in [3.8, 4) is 12.3 Å². The highest BCUT2D eigenvalue weighted by molar-refractivity contribution is 5.91. The summed E-state index contributed by atoms with van der Waals surface area (Å²) in [4.78, 5) is 56.0. The third-order valence-corrected chi connectivity index (χ3v) is 7.52. The Morgan fingerprint density at radius 1 is 1.11 bits per heavy atom. The summed E-state index contributed by atoms with van der Waals surface area (Å²) in [7, 11) is 0. The lowest BCUT2D eigenvalue weighted by Crippen LogP contribution is -2.76. The zero-order valence-electron chi connectivity index (χ0n) is 25.6. The number of nitrogens with one attached hydrogen (secondary N) is 2. The van der Waals surface area contributed by atoms with Crippen LogP contribution in [0.5, 0.6) is 0 Å². The van der Waals surface area contributed by atoms with Gasteiger partial charge in [0.25, 0.3) is 0 Å². The molecule has 12 nitrogen and oxygen atoms in total. The van der Waals surface area contributed by atoms with Gasteiger partial charge in [0.15, 0.2) is 0 Å². The molecule has 0 bridgehead atoms. The molecule has 46 heavy (non-hydrogen) atoms. The Labute approximate surface area is 268 Å². The highest BCUT2D eigenvalue weighted by Gasteiger charge is 2.51. The number of hydrogen-bond acceptors (Lipinski definition) is 7. The number of hydrogen-bond donors (Lipinski definition) is 2. The first-order valence-corrected chi connectivity index (χ1v) is 15.0. The monoisotopic (exact) mass is 634 g/mol. The van der Waals surface area contributed by atoms with Crippen molar-refractivity contribution in [1.82, 2.24) is 30.5 Å². The van der Waals surface area contributed by atoms with Gasteiger partial charge in [-0.2, -0.15) is 5.01 Å². The van der Waals surface area contributed by atoms with Crippen molar-refractivity contribution in [2.45, 2.75) is 38.2 Å². The molecule has 2 aromatic carbocycles. The van der Waals surface area contributed by atoms with Crippen molar-refractivity contribution in [3.05, 3.63) is 84.2 Å². The van der Waals surface area contributed by atoms with Gasteiger partial charge in [0.2, 0.25) is 11.8 Å². The second-order valence-corrected chi connectivity index (χ2v) is 10.7. The summed E-state index contributed by atoms with van der Waals surface area (Å²) < 4.78 is 24.3. The number of amides is 5. The second-order valence-electron chi connectivity index (χ2n) is 10.7. The standard InChI is InChI=1S/C33H39FN6O6/c1-3-16-38-23-30(41)39-28(14-9-15-35-33(44)46-18-4-2)31(42)37(17-19-45-24-26-12-8-13-27(34)20-26)22-29(39)40(38)32(43)36-21-25-10-6-5-7-11-25/h1,4-8,10-13,20,28-29H,2,9,14-19,21-24H2,(H,35,44)(H,36,43). The number of carbonyl (C=O) groups excluding carboxylic acids is 4. The first-order chi connectivity index (χ1) is 22.3. The molecular formula is C33H39FN6O6. The average Bonchev–Trinajstić information content (AvgIpc) is 3.05. The van der Waals surface area contributed by atoms with Gasteiger partial charge < -0.3 is 29.9 Å². The minimum absolute atomic E-state index is 0.000929. The molecule has 2 aliphatic heterocycles. The van der Waals surface area contributed by atoms with E-state index in [4.69, 9.17) is 15.9 Å². The molecule has 4 rings (SSSR count). The molecule has 2 unspecified atom stereocenters. The van der Waals surface area contributed by atoms with Crippen LogP contribution >= 0.6 is 0 Å². The number of halogens is 1. The lowest BCUT2D eigenvalue weighted by Gasteiger charge is -2.55. The summed E-state index contributed by atoms with van der Waals surface area (Å²) in [5.74, 6) is 1.50. The Kier molecular flexibility index (Phi) is 12.5. The molecule has 2 aromatic rings. The summed E-state index contributed by atoms with van der Waals surface area (Å²) >= 11 is 0. The first-order valence-electron chi connectivity index (χ1n) is 15.0. The lowest BCUT2D eigenvalue weighted by molar-refractivity contribution is -0.189. The Morgan fingerprint density at radius 2 is 1.89 bits per heavy atom. The average molecular weight is 635 g/mol. The van der Waals surface area contributed by atoms with Gasteiger partial charge in [-0.05, 0) is 36.1 Å². The van der Waals surface area contributed by atoms with E-state index in [1.54, 1.807) is 17.0 Å². The number of fused-ring (bicyclic) bond motifs is 1. The van der Waals surface area contributed by atoms with Gasteiger partial charge in [0, 0.05) is 19.6 Å². The number of benzene rings is 2. The van der Waals surface area contributed by atoms with E-state index in [0.29, 0.717) is 12.0 Å². The van der Waals surface area contributed by atoms with E-state index >= 15 is 0 Å². The van der Waals surface area contributed by atoms with E-state index in [2.05, 4.69) is 23.1 Å². The highest BCUT2D eigenvalue weighted by atomic mass is 19.1. The fraction of sp³-hybridized carbons (Fsp3) is 0.394. The molecule has 2 aliphatic rings. The predicted octanol–water partition coefficient (Wildman–Crippen LogP) is 2.48. The zero-order valence-corrected chi connectivity index (χ0v) is 25.6. The molecule has 2 atom stereocenters. The molecule has 0 radical (unpaired) electrons. The minimum Gasteiger partial charge on any atom is -0.445 e. The predicted molar refractivity (Wildman–Crippen MR) is 167 cm³/mol. The van der Waals surface area contributed by atoms with Crippen LogP contribution in [-0.4, -0.2) is 102 Å². The molecule has 0 spiro atoms. The number of alkyl carbamates (subject to hydrolysis) is 1. The molecule has 2 heterocycles. The molecule has 0 saturated carbocycles. The highest BCUT2D eigenvalue weighted by Crippen LogP contribution is 2.28. The maximum Gasteiger partial charge on any atom is 0.407 e. The van der Waals surface area contributed by atoms with E-state index < -0.39 is 24.3 Å². The van der Waals surface area contributed by atoms with Crippen molar-refractivity contribution < 1.29 is 33.0 Å². The van der Waals surface area contributed by atoms with E-state index in [1.807, 2.05) is 30.3 Å². The molecule has 244 valence electrons. The Bertz CT molecular complexity index is 1420. The van der Waals surface area contributed by atoms with E-state index in [-0.39, 0.29) is 83.1 Å². The van der Waals surface area contributed by atoms with Crippen LogP contribution in [-0.2, 0) is 32.2 Å². The maximum atomic E-state index is 13.8. The molecule has 0 aliphatic carbocycles. The van der Waals surface area contributed by atoms with Gasteiger partial charge >= 0.3 is 12.1 Å². The van der Waals surface area contributed by atoms with Crippen molar-refractivity contribution in [3.63, 3.8) is 0 Å². The molecule has 2 fully saturated rings. The molecular weight excluding hydrogens is 595 g/mol. The number of hydrazine groups is 1. The van der Waals surface area contributed by atoms with Gasteiger partial charge in [0.1, 0.15) is 24.6 Å². The Morgan fingerprint density at radius 3 is 2.63 bits per heavy atom. The maximum absolute atomic E-state index is 13.8. The van der Waals surface area contributed by atoms with Crippen LogP contribution in [0.15, 0.2) is 67.3 Å². The SMILES string of the molecule is C#CCN1CC(=O)N2C(CCCNC(=O)OCC=C)C(=O)N(CCOCc3cccc(F)c3)CC2N1C(=O)NCc1ccccc1. The summed E-state index contributed by atoms with van der Waals surface area (Å²) in [6.45, 7) is 4.30. The number of nitrogens with zero attached hydrogens (tertiary/aromatic N) is 4. The molecule has 2 N–H and O–H groups in total. The van der Waals surface area contributed by atoms with Gasteiger partial charge in [-0.1, -0.05) is 61.0 Å². The number of terminal acetylenes is 1. The van der Waals surface area contributed by atoms with Crippen LogP contribution in [0.3, 0.4) is 0 Å². The van der Waals surface area contributed by atoms with Crippen LogP contribution in [0, 0.1) is 18.2 Å². The smallest absolute Gasteiger partial charge is 0.407 e. The van der Waals surface area contributed by atoms with Crippen LogP contribution in [0.4, 0.5) is 14.0 Å². The molecule has 2 saturated heterocycles. The van der Waals surface area contributed by atoms with E-state index in [0.717, 1.165) is 5.56 Å². The molecule has 13 heteroatoms.